The van der Waals surface area contributed by atoms with Crippen LogP contribution in [0.1, 0.15) is 24.8 Å². The zero-order valence-corrected chi connectivity index (χ0v) is 9.47. The van der Waals surface area contributed by atoms with Crippen molar-refractivity contribution in [3.63, 3.8) is 0 Å². The van der Waals surface area contributed by atoms with E-state index >= 15 is 0 Å². The predicted molar refractivity (Wildman–Crippen MR) is 60.6 cm³/mol. The Kier molecular flexibility index (Phi) is 3.40. The Labute approximate surface area is 99.5 Å². The summed E-state index contributed by atoms with van der Waals surface area (Å²) in [6, 6.07) is 3.66. The van der Waals surface area contributed by atoms with Gasteiger partial charge < -0.3 is 15.5 Å². The van der Waals surface area contributed by atoms with Crippen molar-refractivity contribution in [1.29, 1.82) is 0 Å². The zero-order valence-electron chi connectivity index (χ0n) is 9.47. The van der Waals surface area contributed by atoms with E-state index in [4.69, 9.17) is 0 Å². The molecule has 1 unspecified atom stereocenters. The number of nitrogens with zero attached hydrogens (tertiary/aromatic N) is 1. The lowest BCUT2D eigenvalue weighted by Crippen LogP contribution is -2.31. The van der Waals surface area contributed by atoms with Gasteiger partial charge in [-0.3, -0.25) is 9.78 Å². The highest BCUT2D eigenvalue weighted by molar-refractivity contribution is 5.79. The van der Waals surface area contributed by atoms with Crippen LogP contribution in [0.5, 0.6) is 0 Å². The molecule has 0 bridgehead atoms. The van der Waals surface area contributed by atoms with Gasteiger partial charge in [-0.25, -0.2) is 0 Å². The van der Waals surface area contributed by atoms with Gasteiger partial charge in [-0.15, -0.1) is 0 Å². The first-order chi connectivity index (χ1) is 8.07. The monoisotopic (exact) mass is 236 g/mol. The van der Waals surface area contributed by atoms with Crippen LogP contribution >= 0.6 is 0 Å². The predicted octanol–water partition coefficient (Wildman–Crippen LogP) is 0.179. The van der Waals surface area contributed by atoms with Crippen molar-refractivity contribution >= 4 is 5.91 Å². The average molecular weight is 236 g/mol. The highest BCUT2D eigenvalue weighted by Crippen LogP contribution is 2.32. The molecular formula is C12H16N2O3. The fourth-order valence-corrected chi connectivity index (χ4v) is 2.06. The van der Waals surface area contributed by atoms with E-state index in [0.717, 1.165) is 5.56 Å². The average Bonchev–Trinajstić information content (AvgIpc) is 2.68. The molecule has 1 amide bonds. The van der Waals surface area contributed by atoms with Crippen molar-refractivity contribution in [3.05, 3.63) is 30.1 Å². The quantitative estimate of drug-likeness (QED) is 0.654. The number of hydrogen-bond donors (Lipinski definition) is 3. The molecule has 5 nitrogen and oxygen atoms in total. The van der Waals surface area contributed by atoms with Gasteiger partial charge in [0.2, 0.25) is 5.91 Å². The topological polar surface area (TPSA) is 82.5 Å². The van der Waals surface area contributed by atoms with Gasteiger partial charge in [-0.05, 0) is 24.1 Å². The van der Waals surface area contributed by atoms with Crippen LogP contribution in [-0.2, 0) is 11.3 Å². The van der Waals surface area contributed by atoms with Crippen molar-refractivity contribution in [3.8, 4) is 0 Å². The lowest BCUT2D eigenvalue weighted by Gasteiger charge is -2.14. The second-order valence-corrected chi connectivity index (χ2v) is 4.50. The Bertz CT molecular complexity index is 392. The van der Waals surface area contributed by atoms with Crippen LogP contribution in [-0.4, -0.2) is 26.9 Å². The molecule has 0 aromatic carbocycles. The molecule has 2 rings (SSSR count). The molecule has 17 heavy (non-hydrogen) atoms. The number of carbonyl (C=O) groups excluding carboxylic acids is 1. The molecular weight excluding hydrogens is 220 g/mol. The minimum atomic E-state index is -1.67. The molecule has 1 heterocycles. The summed E-state index contributed by atoms with van der Waals surface area (Å²) in [4.78, 5) is 15.6. The van der Waals surface area contributed by atoms with Gasteiger partial charge in [-0.1, -0.05) is 0 Å². The molecule has 0 aliphatic heterocycles. The second kappa shape index (κ2) is 4.81. The van der Waals surface area contributed by atoms with Crippen LogP contribution in [0.15, 0.2) is 24.5 Å². The summed E-state index contributed by atoms with van der Waals surface area (Å²) in [5, 5.41) is 21.5. The zero-order chi connectivity index (χ0) is 12.3. The molecule has 3 N–H and O–H groups in total. The Morgan fingerprint density at radius 3 is 2.76 bits per heavy atom. The molecule has 0 radical (unpaired) electrons. The van der Waals surface area contributed by atoms with Gasteiger partial charge in [0.15, 0.2) is 5.79 Å². The number of nitrogens with one attached hydrogen (secondary N) is 1. The Hall–Kier alpha value is -1.46. The standard InChI is InChI=1S/C12H16N2O3/c15-11(10-1-4-12(16,17)7-10)14-8-9-2-5-13-6-3-9/h2-3,5-6,10,16-17H,1,4,7-8H2,(H,14,15). The van der Waals surface area contributed by atoms with Gasteiger partial charge >= 0.3 is 0 Å². The summed E-state index contributed by atoms with van der Waals surface area (Å²) in [5.74, 6) is -2.09. The van der Waals surface area contributed by atoms with E-state index in [1.165, 1.54) is 0 Å². The minimum Gasteiger partial charge on any atom is -0.366 e. The maximum absolute atomic E-state index is 11.8. The summed E-state index contributed by atoms with van der Waals surface area (Å²) in [6.45, 7) is 0.446. The van der Waals surface area contributed by atoms with E-state index < -0.39 is 5.79 Å². The number of hydrogen-bond acceptors (Lipinski definition) is 4. The number of aromatic nitrogens is 1. The summed E-state index contributed by atoms with van der Waals surface area (Å²) in [5.41, 5.74) is 0.977. The maximum Gasteiger partial charge on any atom is 0.223 e. The summed E-state index contributed by atoms with van der Waals surface area (Å²) in [6.07, 6.45) is 4.25. The molecule has 1 aromatic heterocycles. The first kappa shape index (κ1) is 12.0. The third kappa shape index (κ3) is 3.25. The molecule has 1 aliphatic rings. The minimum absolute atomic E-state index is 0.119. The highest BCUT2D eigenvalue weighted by Gasteiger charge is 2.38. The third-order valence-electron chi connectivity index (χ3n) is 3.05. The summed E-state index contributed by atoms with van der Waals surface area (Å²) in [7, 11) is 0. The largest absolute Gasteiger partial charge is 0.366 e. The van der Waals surface area contributed by atoms with Crippen LogP contribution in [0.4, 0.5) is 0 Å². The van der Waals surface area contributed by atoms with Crippen LogP contribution in [0.25, 0.3) is 0 Å². The SMILES string of the molecule is O=C(NCc1ccncc1)C1CCC(O)(O)C1. The molecule has 1 fully saturated rings. The molecule has 1 aliphatic carbocycles. The van der Waals surface area contributed by atoms with Crippen LogP contribution < -0.4 is 5.32 Å². The first-order valence-electron chi connectivity index (χ1n) is 5.68. The summed E-state index contributed by atoms with van der Waals surface area (Å²) >= 11 is 0. The van der Waals surface area contributed by atoms with Crippen molar-refractivity contribution in [2.75, 3.05) is 0 Å². The Balaban J connectivity index is 1.83. The molecule has 0 saturated heterocycles. The van der Waals surface area contributed by atoms with E-state index in [1.54, 1.807) is 12.4 Å². The van der Waals surface area contributed by atoms with Gasteiger partial charge in [0, 0.05) is 37.7 Å². The fourth-order valence-electron chi connectivity index (χ4n) is 2.06. The van der Waals surface area contributed by atoms with E-state index in [-0.39, 0.29) is 24.7 Å². The Morgan fingerprint density at radius 2 is 2.18 bits per heavy atom. The fraction of sp³-hybridized carbons (Fsp3) is 0.500. The number of carbonyl (C=O) groups is 1. The van der Waals surface area contributed by atoms with E-state index in [9.17, 15) is 15.0 Å². The highest BCUT2D eigenvalue weighted by atomic mass is 16.5. The van der Waals surface area contributed by atoms with Crippen molar-refractivity contribution in [2.24, 2.45) is 5.92 Å². The molecule has 92 valence electrons. The Morgan fingerprint density at radius 1 is 1.47 bits per heavy atom. The number of pyridine rings is 1. The summed E-state index contributed by atoms with van der Waals surface area (Å²) < 4.78 is 0. The van der Waals surface area contributed by atoms with E-state index in [1.807, 2.05) is 12.1 Å². The smallest absolute Gasteiger partial charge is 0.223 e. The van der Waals surface area contributed by atoms with Gasteiger partial charge in [-0.2, -0.15) is 0 Å². The molecule has 5 heteroatoms. The van der Waals surface area contributed by atoms with Crippen molar-refractivity contribution in [2.45, 2.75) is 31.6 Å². The maximum atomic E-state index is 11.8. The van der Waals surface area contributed by atoms with Gasteiger partial charge in [0.05, 0.1) is 0 Å². The molecule has 1 atom stereocenters. The second-order valence-electron chi connectivity index (χ2n) is 4.50. The molecule has 0 spiro atoms. The lowest BCUT2D eigenvalue weighted by atomic mass is 10.1. The van der Waals surface area contributed by atoms with E-state index in [0.29, 0.717) is 13.0 Å². The van der Waals surface area contributed by atoms with Crippen molar-refractivity contribution < 1.29 is 15.0 Å². The van der Waals surface area contributed by atoms with Crippen LogP contribution in [0.3, 0.4) is 0 Å². The molecule has 1 aromatic rings. The number of rotatable bonds is 3. The lowest BCUT2D eigenvalue weighted by molar-refractivity contribution is -0.158. The normalized spacial score (nSPS) is 22.4. The van der Waals surface area contributed by atoms with Crippen molar-refractivity contribution in [1.82, 2.24) is 10.3 Å². The first-order valence-corrected chi connectivity index (χ1v) is 5.68. The number of aliphatic hydroxyl groups is 2. The number of amides is 1. The third-order valence-corrected chi connectivity index (χ3v) is 3.05. The van der Waals surface area contributed by atoms with Crippen LogP contribution in [0.2, 0.25) is 0 Å². The van der Waals surface area contributed by atoms with Gasteiger partial charge in [0.25, 0.3) is 0 Å². The molecule has 1 saturated carbocycles. The van der Waals surface area contributed by atoms with Crippen LogP contribution in [0, 0.1) is 5.92 Å². The van der Waals surface area contributed by atoms with Gasteiger partial charge in [0.1, 0.15) is 0 Å². The van der Waals surface area contributed by atoms with E-state index in [2.05, 4.69) is 10.3 Å².